The number of aromatic nitrogens is 2. The highest BCUT2D eigenvalue weighted by Gasteiger charge is 2.10. The van der Waals surface area contributed by atoms with Crippen LogP contribution in [0.25, 0.3) is 0 Å². The van der Waals surface area contributed by atoms with Crippen LogP contribution in [0.3, 0.4) is 0 Å². The SMILES string of the molecule is O=C(Nc1ccc(Cl)c(Cl)c1)Nc1nnc(SCc2ccc(F)cc2)s1. The monoisotopic (exact) mass is 428 g/mol. The number of benzene rings is 2. The van der Waals surface area contributed by atoms with Crippen molar-refractivity contribution in [2.24, 2.45) is 0 Å². The summed E-state index contributed by atoms with van der Waals surface area (Å²) < 4.78 is 13.6. The lowest BCUT2D eigenvalue weighted by atomic mass is 10.2. The minimum atomic E-state index is -0.463. The highest BCUT2D eigenvalue weighted by atomic mass is 35.5. The van der Waals surface area contributed by atoms with Gasteiger partial charge in [-0.2, -0.15) is 0 Å². The molecule has 1 heterocycles. The average molecular weight is 429 g/mol. The maximum Gasteiger partial charge on any atom is 0.325 e. The number of carbonyl (C=O) groups is 1. The van der Waals surface area contributed by atoms with Gasteiger partial charge in [-0.1, -0.05) is 58.4 Å². The Hall–Kier alpha value is -1.87. The molecule has 0 aliphatic heterocycles. The Morgan fingerprint density at radius 2 is 1.85 bits per heavy atom. The smallest absolute Gasteiger partial charge is 0.308 e. The quantitative estimate of drug-likeness (QED) is 0.390. The molecule has 0 saturated heterocycles. The zero-order chi connectivity index (χ0) is 18.5. The summed E-state index contributed by atoms with van der Waals surface area (Å²) in [7, 11) is 0. The second-order valence-corrected chi connectivity index (χ2v) is 8.01. The van der Waals surface area contributed by atoms with Crippen LogP contribution in [-0.4, -0.2) is 16.2 Å². The second-order valence-electron chi connectivity index (χ2n) is 5.00. The molecule has 0 radical (unpaired) electrons. The van der Waals surface area contributed by atoms with Gasteiger partial charge in [0.2, 0.25) is 5.13 Å². The fourth-order valence-corrected chi connectivity index (χ4v) is 3.88. The molecular weight excluding hydrogens is 418 g/mol. The van der Waals surface area contributed by atoms with Crippen molar-refractivity contribution in [3.63, 3.8) is 0 Å². The summed E-state index contributed by atoms with van der Waals surface area (Å²) >= 11 is 14.4. The van der Waals surface area contributed by atoms with E-state index in [1.165, 1.54) is 35.2 Å². The molecule has 10 heteroatoms. The summed E-state index contributed by atoms with van der Waals surface area (Å²) in [5, 5.41) is 14.3. The molecule has 2 N–H and O–H groups in total. The van der Waals surface area contributed by atoms with Crippen molar-refractivity contribution in [1.29, 1.82) is 0 Å². The molecule has 0 bridgehead atoms. The molecule has 26 heavy (non-hydrogen) atoms. The number of nitrogens with one attached hydrogen (secondary N) is 2. The van der Waals surface area contributed by atoms with Crippen molar-refractivity contribution < 1.29 is 9.18 Å². The molecule has 3 rings (SSSR count). The van der Waals surface area contributed by atoms with E-state index >= 15 is 0 Å². The Kier molecular flexibility index (Phi) is 6.31. The second kappa shape index (κ2) is 8.68. The number of carbonyl (C=O) groups excluding carboxylic acids is 1. The summed E-state index contributed by atoms with van der Waals surface area (Å²) in [5.41, 5.74) is 1.48. The maximum atomic E-state index is 12.9. The van der Waals surface area contributed by atoms with E-state index in [0.29, 0.717) is 31.0 Å². The molecule has 1 aromatic heterocycles. The minimum absolute atomic E-state index is 0.269. The van der Waals surface area contributed by atoms with Crippen molar-refractivity contribution in [3.05, 3.63) is 63.9 Å². The third-order valence-electron chi connectivity index (χ3n) is 3.08. The number of anilines is 2. The fourth-order valence-electron chi connectivity index (χ4n) is 1.88. The molecule has 0 saturated carbocycles. The van der Waals surface area contributed by atoms with Crippen molar-refractivity contribution in [3.8, 4) is 0 Å². The van der Waals surface area contributed by atoms with Crippen molar-refractivity contribution in [2.75, 3.05) is 10.6 Å². The van der Waals surface area contributed by atoms with Crippen LogP contribution >= 0.6 is 46.3 Å². The maximum absolute atomic E-state index is 12.9. The first-order chi connectivity index (χ1) is 12.5. The lowest BCUT2D eigenvalue weighted by Gasteiger charge is -2.05. The molecular formula is C16H11Cl2FN4OS2. The van der Waals surface area contributed by atoms with E-state index in [0.717, 1.165) is 5.56 Å². The van der Waals surface area contributed by atoms with E-state index in [9.17, 15) is 9.18 Å². The normalized spacial score (nSPS) is 10.6. The number of hydrogen-bond acceptors (Lipinski definition) is 5. The average Bonchev–Trinajstić information content (AvgIpc) is 3.05. The van der Waals surface area contributed by atoms with Gasteiger partial charge in [-0.15, -0.1) is 10.2 Å². The van der Waals surface area contributed by atoms with E-state index in [1.807, 2.05) is 0 Å². The first-order valence-electron chi connectivity index (χ1n) is 7.23. The first-order valence-corrected chi connectivity index (χ1v) is 9.79. The minimum Gasteiger partial charge on any atom is -0.308 e. The van der Waals surface area contributed by atoms with Crippen LogP contribution in [0, 0.1) is 5.82 Å². The Bertz CT molecular complexity index is 921. The molecule has 2 amide bonds. The molecule has 3 aromatic rings. The van der Waals surface area contributed by atoms with E-state index < -0.39 is 6.03 Å². The van der Waals surface area contributed by atoms with Gasteiger partial charge in [0.15, 0.2) is 4.34 Å². The molecule has 0 aliphatic carbocycles. The largest absolute Gasteiger partial charge is 0.325 e. The number of nitrogens with zero attached hydrogens (tertiary/aromatic N) is 2. The first kappa shape index (κ1) is 18.9. The third kappa shape index (κ3) is 5.31. The molecule has 0 fully saturated rings. The number of thioether (sulfide) groups is 1. The third-order valence-corrected chi connectivity index (χ3v) is 5.86. The Morgan fingerprint density at radius 3 is 2.58 bits per heavy atom. The topological polar surface area (TPSA) is 66.9 Å². The molecule has 2 aromatic carbocycles. The Labute approximate surface area is 166 Å². The molecule has 0 spiro atoms. The van der Waals surface area contributed by atoms with E-state index in [-0.39, 0.29) is 5.82 Å². The van der Waals surface area contributed by atoms with Crippen molar-refractivity contribution in [1.82, 2.24) is 10.2 Å². The number of halogens is 3. The van der Waals surface area contributed by atoms with Gasteiger partial charge in [0.1, 0.15) is 5.82 Å². The zero-order valence-corrected chi connectivity index (χ0v) is 16.1. The molecule has 5 nitrogen and oxygen atoms in total. The summed E-state index contributed by atoms with van der Waals surface area (Å²) in [4.78, 5) is 12.0. The van der Waals surface area contributed by atoms with Crippen molar-refractivity contribution >= 4 is 63.2 Å². The summed E-state index contributed by atoms with van der Waals surface area (Å²) in [6, 6.07) is 10.6. The lowest BCUT2D eigenvalue weighted by molar-refractivity contribution is 0.262. The van der Waals surface area contributed by atoms with Crippen LogP contribution in [-0.2, 0) is 5.75 Å². The number of rotatable bonds is 5. The van der Waals surface area contributed by atoms with Crippen LogP contribution in [0.1, 0.15) is 5.56 Å². The number of hydrogen-bond donors (Lipinski definition) is 2. The highest BCUT2D eigenvalue weighted by Crippen LogP contribution is 2.29. The van der Waals surface area contributed by atoms with Crippen LogP contribution in [0.4, 0.5) is 20.0 Å². The van der Waals surface area contributed by atoms with Crippen LogP contribution in [0.2, 0.25) is 10.0 Å². The van der Waals surface area contributed by atoms with Gasteiger partial charge in [-0.25, -0.2) is 9.18 Å². The number of amides is 2. The van der Waals surface area contributed by atoms with Gasteiger partial charge in [0.05, 0.1) is 10.0 Å². The van der Waals surface area contributed by atoms with Gasteiger partial charge in [0.25, 0.3) is 0 Å². The highest BCUT2D eigenvalue weighted by molar-refractivity contribution is 8.00. The fraction of sp³-hybridized carbons (Fsp3) is 0.0625. The standard InChI is InChI=1S/C16H11Cl2FN4OS2/c17-12-6-5-11(7-13(12)18)20-14(24)21-15-22-23-16(26-15)25-8-9-1-3-10(19)4-2-9/h1-7H,8H2,(H2,20,21,22,24). The van der Waals surface area contributed by atoms with Crippen LogP contribution in [0.5, 0.6) is 0 Å². The summed E-state index contributed by atoms with van der Waals surface area (Å²) in [6.45, 7) is 0. The molecule has 134 valence electrons. The zero-order valence-electron chi connectivity index (χ0n) is 13.0. The Balaban J connectivity index is 1.53. The van der Waals surface area contributed by atoms with Gasteiger partial charge < -0.3 is 5.32 Å². The molecule has 0 atom stereocenters. The molecule has 0 aliphatic rings. The van der Waals surface area contributed by atoms with Gasteiger partial charge in [0, 0.05) is 11.4 Å². The summed E-state index contributed by atoms with van der Waals surface area (Å²) in [6.07, 6.45) is 0. The Morgan fingerprint density at radius 1 is 1.08 bits per heavy atom. The molecule has 0 unspecified atom stereocenters. The van der Waals surface area contributed by atoms with Gasteiger partial charge in [-0.05, 0) is 35.9 Å². The van der Waals surface area contributed by atoms with E-state index in [1.54, 1.807) is 30.3 Å². The lowest BCUT2D eigenvalue weighted by Crippen LogP contribution is -2.19. The van der Waals surface area contributed by atoms with Crippen LogP contribution < -0.4 is 10.6 Å². The van der Waals surface area contributed by atoms with Gasteiger partial charge in [-0.3, -0.25) is 5.32 Å². The van der Waals surface area contributed by atoms with E-state index in [2.05, 4.69) is 20.8 Å². The van der Waals surface area contributed by atoms with Gasteiger partial charge >= 0.3 is 6.03 Å². The summed E-state index contributed by atoms with van der Waals surface area (Å²) in [5.74, 6) is 0.360. The predicted molar refractivity (Wildman–Crippen MR) is 105 cm³/mol. The predicted octanol–water partition coefficient (Wildman–Crippen LogP) is 5.92. The number of urea groups is 1. The van der Waals surface area contributed by atoms with E-state index in [4.69, 9.17) is 23.2 Å². The van der Waals surface area contributed by atoms with Crippen LogP contribution in [0.15, 0.2) is 46.8 Å². The van der Waals surface area contributed by atoms with Crippen molar-refractivity contribution in [2.45, 2.75) is 10.1 Å².